The zero-order chi connectivity index (χ0) is 30.5. The fourth-order valence-corrected chi connectivity index (χ4v) is 5.82. The van der Waals surface area contributed by atoms with Crippen molar-refractivity contribution in [1.29, 1.82) is 0 Å². The molecule has 8 nitrogen and oxygen atoms in total. The average Bonchev–Trinajstić information content (AvgIpc) is 2.96. The van der Waals surface area contributed by atoms with Gasteiger partial charge in [-0.05, 0) is 49.9 Å². The first kappa shape index (κ1) is 32.7. The summed E-state index contributed by atoms with van der Waals surface area (Å²) in [7, 11) is -3.65. The van der Waals surface area contributed by atoms with E-state index >= 15 is 0 Å². The Kier molecular flexibility index (Phi) is 12.4. The largest absolute Gasteiger partial charge is 0.492 e. The summed E-state index contributed by atoms with van der Waals surface area (Å²) in [6, 6.07) is 23.8. The van der Waals surface area contributed by atoms with E-state index in [-0.39, 0.29) is 37.7 Å². The van der Waals surface area contributed by atoms with E-state index in [0.29, 0.717) is 31.0 Å². The van der Waals surface area contributed by atoms with Gasteiger partial charge in [0.25, 0.3) is 0 Å². The lowest BCUT2D eigenvalue weighted by atomic mass is 10.0. The Bertz CT molecular complexity index is 1410. The monoisotopic (exact) mass is 593 g/mol. The fraction of sp³-hybridized carbons (Fsp3) is 0.394. The number of sulfonamides is 1. The first-order valence-corrected chi connectivity index (χ1v) is 16.3. The van der Waals surface area contributed by atoms with E-state index in [9.17, 15) is 18.0 Å². The maximum atomic E-state index is 13.9. The number of nitrogens with zero attached hydrogens (tertiary/aromatic N) is 2. The van der Waals surface area contributed by atoms with Crippen molar-refractivity contribution in [2.24, 2.45) is 0 Å². The van der Waals surface area contributed by atoms with Crippen molar-refractivity contribution >= 4 is 27.5 Å². The lowest BCUT2D eigenvalue weighted by molar-refractivity contribution is -0.141. The van der Waals surface area contributed by atoms with Gasteiger partial charge < -0.3 is 15.0 Å². The molecule has 0 aromatic heterocycles. The molecule has 0 fully saturated rings. The van der Waals surface area contributed by atoms with Gasteiger partial charge in [0.1, 0.15) is 11.8 Å². The van der Waals surface area contributed by atoms with Gasteiger partial charge in [-0.25, -0.2) is 8.42 Å². The highest BCUT2D eigenvalue weighted by atomic mass is 32.2. The van der Waals surface area contributed by atoms with Crippen molar-refractivity contribution < 1.29 is 22.7 Å². The molecule has 3 rings (SSSR count). The molecule has 0 unspecified atom stereocenters. The van der Waals surface area contributed by atoms with Crippen LogP contribution in [0, 0.1) is 6.92 Å². The van der Waals surface area contributed by atoms with E-state index in [4.69, 9.17) is 4.74 Å². The van der Waals surface area contributed by atoms with E-state index in [1.807, 2.05) is 75.4 Å². The Morgan fingerprint density at radius 1 is 0.929 bits per heavy atom. The van der Waals surface area contributed by atoms with Crippen LogP contribution in [0.1, 0.15) is 49.8 Å². The summed E-state index contributed by atoms with van der Waals surface area (Å²) in [5.74, 6) is 0.0501. The Morgan fingerprint density at radius 2 is 1.62 bits per heavy atom. The summed E-state index contributed by atoms with van der Waals surface area (Å²) in [5.41, 5.74) is 3.37. The van der Waals surface area contributed by atoms with Crippen molar-refractivity contribution in [3.63, 3.8) is 0 Å². The average molecular weight is 594 g/mol. The number of amides is 2. The number of hydrogen-bond donors (Lipinski definition) is 1. The first-order chi connectivity index (χ1) is 20.1. The SMILES string of the molecule is CCCNC(=O)[C@H](Cc1ccccc1)N(Cc1cccc(C)c1)C(=O)CCCN(c1ccccc1OCC)S(C)(=O)=O. The highest BCUT2D eigenvalue weighted by Gasteiger charge is 2.30. The maximum Gasteiger partial charge on any atom is 0.243 e. The van der Waals surface area contributed by atoms with Crippen LogP contribution >= 0.6 is 0 Å². The van der Waals surface area contributed by atoms with Gasteiger partial charge in [0.2, 0.25) is 21.8 Å². The molecule has 0 aliphatic carbocycles. The molecule has 2 amide bonds. The second-order valence-corrected chi connectivity index (χ2v) is 12.3. The highest BCUT2D eigenvalue weighted by molar-refractivity contribution is 7.92. The number of para-hydroxylation sites is 2. The van der Waals surface area contributed by atoms with Crippen molar-refractivity contribution in [1.82, 2.24) is 10.2 Å². The lowest BCUT2D eigenvalue weighted by Crippen LogP contribution is -2.50. The van der Waals surface area contributed by atoms with Crippen LogP contribution in [0.15, 0.2) is 78.9 Å². The smallest absolute Gasteiger partial charge is 0.243 e. The van der Waals surface area contributed by atoms with Crippen LogP contribution in [-0.4, -0.2) is 57.1 Å². The summed E-state index contributed by atoms with van der Waals surface area (Å²) >= 11 is 0. The molecule has 0 radical (unpaired) electrons. The Labute approximate surface area is 250 Å². The molecule has 0 bridgehead atoms. The third kappa shape index (κ3) is 9.62. The van der Waals surface area contributed by atoms with E-state index < -0.39 is 16.1 Å². The molecule has 226 valence electrons. The van der Waals surface area contributed by atoms with Gasteiger partial charge in [0.15, 0.2) is 0 Å². The van der Waals surface area contributed by atoms with Crippen LogP contribution in [0.3, 0.4) is 0 Å². The molecule has 0 spiro atoms. The summed E-state index contributed by atoms with van der Waals surface area (Å²) in [4.78, 5) is 29.1. The fourth-order valence-electron chi connectivity index (χ4n) is 4.85. The highest BCUT2D eigenvalue weighted by Crippen LogP contribution is 2.30. The first-order valence-electron chi connectivity index (χ1n) is 14.5. The molecule has 3 aromatic rings. The third-order valence-corrected chi connectivity index (χ3v) is 8.02. The van der Waals surface area contributed by atoms with Crippen LogP contribution in [-0.2, 0) is 32.6 Å². The van der Waals surface area contributed by atoms with Crippen molar-refractivity contribution in [2.75, 3.05) is 30.3 Å². The number of anilines is 1. The number of carbonyl (C=O) groups excluding carboxylic acids is 2. The second kappa shape index (κ2) is 16.0. The molecule has 42 heavy (non-hydrogen) atoms. The van der Waals surface area contributed by atoms with E-state index in [1.165, 1.54) is 4.31 Å². The molecule has 0 aliphatic heterocycles. The molecule has 0 saturated heterocycles. The molecule has 1 N–H and O–H groups in total. The predicted molar refractivity (Wildman–Crippen MR) is 168 cm³/mol. The number of ether oxygens (including phenoxy) is 1. The number of nitrogens with one attached hydrogen (secondary N) is 1. The van der Waals surface area contributed by atoms with Crippen LogP contribution in [0.5, 0.6) is 5.75 Å². The van der Waals surface area contributed by atoms with Crippen LogP contribution < -0.4 is 14.4 Å². The summed E-state index contributed by atoms with van der Waals surface area (Å²) < 4.78 is 32.5. The van der Waals surface area contributed by atoms with Gasteiger partial charge in [-0.3, -0.25) is 13.9 Å². The van der Waals surface area contributed by atoms with Gasteiger partial charge in [0.05, 0.1) is 18.6 Å². The van der Waals surface area contributed by atoms with Gasteiger partial charge in [-0.1, -0.05) is 79.2 Å². The quantitative estimate of drug-likeness (QED) is 0.249. The van der Waals surface area contributed by atoms with Crippen molar-refractivity contribution in [2.45, 2.75) is 59.0 Å². The molecule has 9 heteroatoms. The Hall–Kier alpha value is -3.85. The predicted octanol–water partition coefficient (Wildman–Crippen LogP) is 5.11. The molecule has 0 aliphatic rings. The molecular formula is C33H43N3O5S. The van der Waals surface area contributed by atoms with Gasteiger partial charge in [-0.2, -0.15) is 0 Å². The zero-order valence-corrected chi connectivity index (χ0v) is 25.9. The second-order valence-electron chi connectivity index (χ2n) is 10.3. The Morgan fingerprint density at radius 3 is 2.29 bits per heavy atom. The minimum absolute atomic E-state index is 0.0704. The van der Waals surface area contributed by atoms with Gasteiger partial charge in [0, 0.05) is 32.5 Å². The van der Waals surface area contributed by atoms with Crippen LogP contribution in [0.4, 0.5) is 5.69 Å². The molecular weight excluding hydrogens is 550 g/mol. The van der Waals surface area contributed by atoms with E-state index in [0.717, 1.165) is 29.4 Å². The third-order valence-electron chi connectivity index (χ3n) is 6.84. The minimum atomic E-state index is -3.65. The molecule has 0 saturated carbocycles. The summed E-state index contributed by atoms with van der Waals surface area (Å²) in [6.45, 7) is 7.08. The Balaban J connectivity index is 1.89. The van der Waals surface area contributed by atoms with Crippen molar-refractivity contribution in [3.8, 4) is 5.75 Å². The van der Waals surface area contributed by atoms with Crippen molar-refractivity contribution in [3.05, 3.63) is 95.6 Å². The lowest BCUT2D eigenvalue weighted by Gasteiger charge is -2.32. The van der Waals surface area contributed by atoms with Crippen LogP contribution in [0.2, 0.25) is 0 Å². The van der Waals surface area contributed by atoms with Crippen LogP contribution in [0.25, 0.3) is 0 Å². The molecule has 0 heterocycles. The number of aryl methyl sites for hydroxylation is 1. The summed E-state index contributed by atoms with van der Waals surface area (Å²) in [6.07, 6.45) is 2.63. The van der Waals surface area contributed by atoms with E-state index in [2.05, 4.69) is 5.32 Å². The summed E-state index contributed by atoms with van der Waals surface area (Å²) in [5, 5.41) is 2.98. The van der Waals surface area contributed by atoms with E-state index in [1.54, 1.807) is 29.2 Å². The number of benzene rings is 3. The number of hydrogen-bond acceptors (Lipinski definition) is 5. The molecule has 3 aromatic carbocycles. The standard InChI is InChI=1S/C33H43N3O5S/c1-5-21-34-33(38)30(24-27-15-8-7-9-16-27)35(25-28-17-12-14-26(3)23-28)32(37)20-13-22-36(42(4,39)40)29-18-10-11-19-31(29)41-6-2/h7-12,14-19,23,30H,5-6,13,20-22,24-25H2,1-4H3,(H,34,38)/t30-/m0/s1. The number of rotatable bonds is 16. The zero-order valence-electron chi connectivity index (χ0n) is 25.1. The maximum absolute atomic E-state index is 13.9. The van der Waals surface area contributed by atoms with Gasteiger partial charge in [-0.15, -0.1) is 0 Å². The normalized spacial score (nSPS) is 11.9. The topological polar surface area (TPSA) is 96.0 Å². The minimum Gasteiger partial charge on any atom is -0.492 e. The number of carbonyl (C=O) groups is 2. The van der Waals surface area contributed by atoms with Gasteiger partial charge >= 0.3 is 0 Å². The molecule has 1 atom stereocenters.